The van der Waals surface area contributed by atoms with Crippen LogP contribution in [0.5, 0.6) is 11.5 Å². The van der Waals surface area contributed by atoms with Crippen molar-refractivity contribution >= 4 is 29.9 Å². The molecule has 0 saturated heterocycles. The zero-order valence-corrected chi connectivity index (χ0v) is 16.6. The number of alkyl halides is 3. The van der Waals surface area contributed by atoms with Crippen LogP contribution >= 0.6 is 24.0 Å². The molecule has 0 heterocycles. The molecule has 142 valence electrons. The molecule has 2 unspecified atom stereocenters. The summed E-state index contributed by atoms with van der Waals surface area (Å²) in [5.41, 5.74) is 0.845. The molecule has 1 saturated carbocycles. The van der Waals surface area contributed by atoms with Crippen LogP contribution in [0.4, 0.5) is 13.2 Å². The monoisotopic (exact) mass is 473 g/mol. The molecule has 0 aromatic heterocycles. The van der Waals surface area contributed by atoms with Crippen molar-refractivity contribution in [2.75, 3.05) is 20.8 Å². The summed E-state index contributed by atoms with van der Waals surface area (Å²) >= 11 is 0. The van der Waals surface area contributed by atoms with Gasteiger partial charge in [0, 0.05) is 19.6 Å². The maximum atomic E-state index is 12.2. The van der Waals surface area contributed by atoms with Crippen LogP contribution in [0, 0.1) is 5.92 Å². The highest BCUT2D eigenvalue weighted by atomic mass is 127. The first-order valence-electron chi connectivity index (χ1n) is 7.66. The lowest BCUT2D eigenvalue weighted by molar-refractivity contribution is -0.153. The molecule has 0 amide bonds. The molecule has 1 aromatic rings. The van der Waals surface area contributed by atoms with Crippen LogP contribution in [0.25, 0.3) is 0 Å². The van der Waals surface area contributed by atoms with E-state index in [4.69, 9.17) is 9.47 Å². The van der Waals surface area contributed by atoms with Crippen LogP contribution in [0.1, 0.15) is 18.9 Å². The molecule has 1 fully saturated rings. The molecule has 0 spiro atoms. The zero-order chi connectivity index (χ0) is 17.7. The lowest BCUT2D eigenvalue weighted by Crippen LogP contribution is -2.38. The maximum absolute atomic E-state index is 12.2. The summed E-state index contributed by atoms with van der Waals surface area (Å²) in [6.07, 6.45) is -3.26. The Balaban J connectivity index is 0.00000312. The van der Waals surface area contributed by atoms with Crippen LogP contribution < -0.4 is 20.1 Å². The van der Waals surface area contributed by atoms with Crippen LogP contribution in [0.15, 0.2) is 23.2 Å². The second kappa shape index (κ2) is 9.35. The lowest BCUT2D eigenvalue weighted by atomic mass is 10.2. The number of aliphatic imine (C=N–C) groups is 1. The van der Waals surface area contributed by atoms with Crippen molar-refractivity contribution in [3.05, 3.63) is 23.8 Å². The Labute approximate surface area is 162 Å². The summed E-state index contributed by atoms with van der Waals surface area (Å²) in [4.78, 5) is 4.15. The first-order valence-corrected chi connectivity index (χ1v) is 7.66. The summed E-state index contributed by atoms with van der Waals surface area (Å²) in [5.74, 6) is 1.67. The predicted octanol–water partition coefficient (Wildman–Crippen LogP) is 3.33. The molecule has 0 bridgehead atoms. The van der Waals surface area contributed by atoms with E-state index in [-0.39, 0.29) is 35.5 Å². The highest BCUT2D eigenvalue weighted by Crippen LogP contribution is 2.30. The summed E-state index contributed by atoms with van der Waals surface area (Å²) < 4.78 is 46.6. The van der Waals surface area contributed by atoms with Crippen LogP contribution in [0.3, 0.4) is 0 Å². The van der Waals surface area contributed by atoms with E-state index in [1.54, 1.807) is 19.2 Å². The Morgan fingerprint density at radius 2 is 2.00 bits per heavy atom. The fourth-order valence-electron chi connectivity index (χ4n) is 2.18. The third kappa shape index (κ3) is 7.17. The van der Waals surface area contributed by atoms with Gasteiger partial charge in [-0.2, -0.15) is 13.2 Å². The molecule has 0 radical (unpaired) electrons. The van der Waals surface area contributed by atoms with E-state index in [9.17, 15) is 13.2 Å². The van der Waals surface area contributed by atoms with Gasteiger partial charge in [-0.15, -0.1) is 24.0 Å². The van der Waals surface area contributed by atoms with Gasteiger partial charge in [0.05, 0.1) is 7.11 Å². The van der Waals surface area contributed by atoms with Crippen molar-refractivity contribution in [1.82, 2.24) is 10.6 Å². The minimum absolute atomic E-state index is 0. The predicted molar refractivity (Wildman–Crippen MR) is 101 cm³/mol. The van der Waals surface area contributed by atoms with E-state index in [1.807, 2.05) is 0 Å². The Morgan fingerprint density at radius 1 is 1.32 bits per heavy atom. The van der Waals surface area contributed by atoms with E-state index in [0.717, 1.165) is 12.0 Å². The van der Waals surface area contributed by atoms with Crippen molar-refractivity contribution in [2.24, 2.45) is 10.9 Å². The van der Waals surface area contributed by atoms with Crippen molar-refractivity contribution in [1.29, 1.82) is 0 Å². The van der Waals surface area contributed by atoms with Crippen molar-refractivity contribution < 1.29 is 22.6 Å². The molecule has 25 heavy (non-hydrogen) atoms. The second-order valence-corrected chi connectivity index (χ2v) is 5.78. The Bertz CT molecular complexity index is 596. The summed E-state index contributed by atoms with van der Waals surface area (Å²) in [6, 6.07) is 5.25. The van der Waals surface area contributed by atoms with Gasteiger partial charge in [-0.1, -0.05) is 13.0 Å². The van der Waals surface area contributed by atoms with E-state index in [2.05, 4.69) is 22.5 Å². The van der Waals surface area contributed by atoms with Crippen LogP contribution in [0.2, 0.25) is 0 Å². The van der Waals surface area contributed by atoms with Gasteiger partial charge in [-0.3, -0.25) is 4.99 Å². The van der Waals surface area contributed by atoms with E-state index in [1.165, 1.54) is 13.2 Å². The topological polar surface area (TPSA) is 54.9 Å². The van der Waals surface area contributed by atoms with E-state index < -0.39 is 12.8 Å². The smallest absolute Gasteiger partial charge is 0.422 e. The SMILES string of the molecule is CN=C(NCc1ccc(OCC(F)(F)F)c(OC)c1)NC1CC1C.I. The minimum Gasteiger partial charge on any atom is -0.493 e. The number of hydrogen-bond acceptors (Lipinski definition) is 3. The Morgan fingerprint density at radius 3 is 2.52 bits per heavy atom. The number of rotatable bonds is 6. The van der Waals surface area contributed by atoms with Gasteiger partial charge in [0.2, 0.25) is 0 Å². The number of nitrogens with one attached hydrogen (secondary N) is 2. The summed E-state index contributed by atoms with van der Waals surface area (Å²) in [5, 5.41) is 6.46. The standard InChI is InChI=1S/C16H22F3N3O2.HI/c1-10-6-12(10)22-15(20-2)21-8-11-4-5-13(14(7-11)23-3)24-9-16(17,18)19;/h4-5,7,10,12H,6,8-9H2,1-3H3,(H2,20,21,22);1H. The highest BCUT2D eigenvalue weighted by Gasteiger charge is 2.33. The van der Waals surface area contributed by atoms with Crippen molar-refractivity contribution in [3.8, 4) is 11.5 Å². The van der Waals surface area contributed by atoms with Gasteiger partial charge < -0.3 is 20.1 Å². The molecule has 1 aromatic carbocycles. The number of hydrogen-bond donors (Lipinski definition) is 2. The zero-order valence-electron chi connectivity index (χ0n) is 14.3. The summed E-state index contributed by atoms with van der Waals surface area (Å²) in [7, 11) is 3.08. The molecule has 2 N–H and O–H groups in total. The molecular weight excluding hydrogens is 450 g/mol. The summed E-state index contributed by atoms with van der Waals surface area (Å²) in [6.45, 7) is 1.28. The number of benzene rings is 1. The fraction of sp³-hybridized carbons (Fsp3) is 0.562. The maximum Gasteiger partial charge on any atom is 0.422 e. The molecule has 0 aliphatic heterocycles. The van der Waals surface area contributed by atoms with Crippen molar-refractivity contribution in [2.45, 2.75) is 32.1 Å². The fourth-order valence-corrected chi connectivity index (χ4v) is 2.18. The minimum atomic E-state index is -4.39. The molecule has 2 rings (SSSR count). The Kier molecular flexibility index (Phi) is 8.10. The van der Waals surface area contributed by atoms with E-state index >= 15 is 0 Å². The third-order valence-electron chi connectivity index (χ3n) is 3.73. The first-order chi connectivity index (χ1) is 11.3. The van der Waals surface area contributed by atoms with Gasteiger partial charge in [0.15, 0.2) is 24.1 Å². The van der Waals surface area contributed by atoms with Crippen LogP contribution in [-0.2, 0) is 6.54 Å². The number of ether oxygens (including phenoxy) is 2. The molecule has 1 aliphatic carbocycles. The average Bonchev–Trinajstić information content (AvgIpc) is 3.23. The average molecular weight is 473 g/mol. The van der Waals surface area contributed by atoms with Gasteiger partial charge in [0.25, 0.3) is 0 Å². The number of methoxy groups -OCH3 is 1. The number of guanidine groups is 1. The van der Waals surface area contributed by atoms with Gasteiger partial charge in [0.1, 0.15) is 0 Å². The van der Waals surface area contributed by atoms with Gasteiger partial charge >= 0.3 is 6.18 Å². The largest absolute Gasteiger partial charge is 0.493 e. The molecule has 5 nitrogen and oxygen atoms in total. The van der Waals surface area contributed by atoms with Gasteiger partial charge in [-0.25, -0.2) is 0 Å². The quantitative estimate of drug-likeness (QED) is 0.378. The molecule has 2 atom stereocenters. The number of nitrogens with zero attached hydrogens (tertiary/aromatic N) is 1. The Hall–Kier alpha value is -1.39. The molecule has 9 heteroatoms. The van der Waals surface area contributed by atoms with Gasteiger partial charge in [-0.05, 0) is 30.0 Å². The van der Waals surface area contributed by atoms with Crippen molar-refractivity contribution in [3.63, 3.8) is 0 Å². The molecular formula is C16H23F3IN3O2. The first kappa shape index (κ1) is 21.7. The molecule has 1 aliphatic rings. The highest BCUT2D eigenvalue weighted by molar-refractivity contribution is 14.0. The van der Waals surface area contributed by atoms with Crippen LogP contribution in [-0.4, -0.2) is 38.9 Å². The normalized spacial score (nSPS) is 19.7. The lowest BCUT2D eigenvalue weighted by Gasteiger charge is -2.15. The third-order valence-corrected chi connectivity index (χ3v) is 3.73. The second-order valence-electron chi connectivity index (χ2n) is 5.78. The van der Waals surface area contributed by atoms with E-state index in [0.29, 0.717) is 24.5 Å². The number of halogens is 4.